The molecule has 0 atom stereocenters. The average molecular weight is 438 g/mol. The fourth-order valence-electron chi connectivity index (χ4n) is 4.37. The van der Waals surface area contributed by atoms with Crippen LogP contribution in [0.4, 0.5) is 0 Å². The third kappa shape index (κ3) is 3.63. The number of methoxy groups -OCH3 is 2. The number of benzene rings is 1. The lowest BCUT2D eigenvalue weighted by atomic mass is 9.95. The van der Waals surface area contributed by atoms with Gasteiger partial charge < -0.3 is 24.7 Å². The maximum Gasteiger partial charge on any atom is 0.270 e. The molecule has 0 aliphatic carbocycles. The molecule has 4 rings (SSSR count). The predicted octanol–water partition coefficient (Wildman–Crippen LogP) is 2.41. The molecule has 0 saturated carbocycles. The van der Waals surface area contributed by atoms with Crippen molar-refractivity contribution in [1.82, 2.24) is 19.4 Å². The van der Waals surface area contributed by atoms with Gasteiger partial charge >= 0.3 is 0 Å². The summed E-state index contributed by atoms with van der Waals surface area (Å²) in [6.45, 7) is 2.96. The first-order valence-corrected chi connectivity index (χ1v) is 10.5. The molecule has 1 saturated heterocycles. The molecule has 1 fully saturated rings. The fraction of sp³-hybridized carbons (Fsp3) is 0.391. The van der Waals surface area contributed by atoms with E-state index < -0.39 is 5.91 Å². The van der Waals surface area contributed by atoms with Gasteiger partial charge in [-0.1, -0.05) is 0 Å². The molecule has 1 aromatic carbocycles. The number of rotatable bonds is 5. The van der Waals surface area contributed by atoms with E-state index >= 15 is 0 Å². The number of likely N-dealkylation sites (tertiary alicyclic amines) is 1. The van der Waals surface area contributed by atoms with Crippen LogP contribution in [0.3, 0.4) is 0 Å². The first-order chi connectivity index (χ1) is 15.3. The number of hydrogen-bond donors (Lipinski definition) is 1. The highest BCUT2D eigenvalue weighted by Crippen LogP contribution is 2.37. The van der Waals surface area contributed by atoms with Gasteiger partial charge in [0, 0.05) is 37.6 Å². The quantitative estimate of drug-likeness (QED) is 0.656. The van der Waals surface area contributed by atoms with Crippen LogP contribution < -0.4 is 15.2 Å². The summed E-state index contributed by atoms with van der Waals surface area (Å²) in [6.07, 6.45) is 3.00. The van der Waals surface area contributed by atoms with Crippen LogP contribution in [0.2, 0.25) is 0 Å². The SMILES string of the molecule is COc1ccc2c(cc(C(=O)N3CCC(c4ncc(C(N)=O)c(C)n4)CC3)n2C)c1OC. The Kier molecular flexibility index (Phi) is 5.73. The first kappa shape index (κ1) is 21.6. The summed E-state index contributed by atoms with van der Waals surface area (Å²) in [5.41, 5.74) is 7.77. The van der Waals surface area contributed by atoms with Crippen molar-refractivity contribution in [2.45, 2.75) is 25.7 Å². The van der Waals surface area contributed by atoms with Gasteiger partial charge in [0.2, 0.25) is 0 Å². The van der Waals surface area contributed by atoms with E-state index in [-0.39, 0.29) is 11.8 Å². The van der Waals surface area contributed by atoms with Crippen LogP contribution in [0.5, 0.6) is 11.5 Å². The van der Waals surface area contributed by atoms with Gasteiger partial charge in [0.25, 0.3) is 11.8 Å². The Labute approximate surface area is 186 Å². The second-order valence-electron chi connectivity index (χ2n) is 7.98. The number of primary amides is 1. The van der Waals surface area contributed by atoms with Crippen molar-refractivity contribution in [3.8, 4) is 11.5 Å². The highest BCUT2D eigenvalue weighted by atomic mass is 16.5. The van der Waals surface area contributed by atoms with Crippen LogP contribution in [0.15, 0.2) is 24.4 Å². The van der Waals surface area contributed by atoms with E-state index in [2.05, 4.69) is 9.97 Å². The summed E-state index contributed by atoms with van der Waals surface area (Å²) >= 11 is 0. The number of amides is 2. The number of aromatic nitrogens is 3. The molecule has 0 unspecified atom stereocenters. The Balaban J connectivity index is 1.52. The van der Waals surface area contributed by atoms with Gasteiger partial charge in [0.15, 0.2) is 11.5 Å². The standard InChI is InChI=1S/C23H27N5O4/c1-13-16(21(24)29)12-25-22(26-13)14-7-9-28(10-8-14)23(30)18-11-15-17(27(18)2)5-6-19(31-3)20(15)32-4/h5-6,11-12,14H,7-10H2,1-4H3,(H2,24,29). The van der Waals surface area contributed by atoms with Gasteiger partial charge in [-0.15, -0.1) is 0 Å². The Bertz CT molecular complexity index is 1190. The summed E-state index contributed by atoms with van der Waals surface area (Å²) in [4.78, 5) is 35.4. The lowest BCUT2D eigenvalue weighted by molar-refractivity contribution is 0.0701. The molecule has 9 heteroatoms. The molecule has 2 aromatic heterocycles. The maximum absolute atomic E-state index is 13.3. The molecule has 3 heterocycles. The number of hydrogen-bond acceptors (Lipinski definition) is 6. The molecule has 1 aliphatic heterocycles. The number of carbonyl (C=O) groups excluding carboxylic acids is 2. The van der Waals surface area contributed by atoms with E-state index in [9.17, 15) is 9.59 Å². The van der Waals surface area contributed by atoms with E-state index in [1.54, 1.807) is 21.1 Å². The van der Waals surface area contributed by atoms with Crippen molar-refractivity contribution in [3.05, 3.63) is 47.2 Å². The van der Waals surface area contributed by atoms with Crippen LogP contribution in [-0.4, -0.2) is 58.6 Å². The molecular weight excluding hydrogens is 410 g/mol. The number of ether oxygens (including phenoxy) is 2. The normalized spacial score (nSPS) is 14.6. The molecule has 0 spiro atoms. The summed E-state index contributed by atoms with van der Waals surface area (Å²) in [5, 5.41) is 0.839. The van der Waals surface area contributed by atoms with E-state index in [1.165, 1.54) is 6.20 Å². The number of fused-ring (bicyclic) bond motifs is 1. The summed E-state index contributed by atoms with van der Waals surface area (Å²) in [7, 11) is 5.07. The molecule has 0 radical (unpaired) electrons. The third-order valence-electron chi connectivity index (χ3n) is 6.19. The molecule has 2 amide bonds. The van der Waals surface area contributed by atoms with E-state index in [4.69, 9.17) is 15.2 Å². The average Bonchev–Trinajstić information content (AvgIpc) is 3.14. The number of carbonyl (C=O) groups is 2. The summed E-state index contributed by atoms with van der Waals surface area (Å²) < 4.78 is 12.8. The van der Waals surface area contributed by atoms with Crippen LogP contribution >= 0.6 is 0 Å². The molecule has 0 bridgehead atoms. The zero-order chi connectivity index (χ0) is 23.0. The second kappa shape index (κ2) is 8.49. The number of nitrogens with zero attached hydrogens (tertiary/aromatic N) is 4. The molecular formula is C23H27N5O4. The first-order valence-electron chi connectivity index (χ1n) is 10.5. The molecule has 3 aromatic rings. The van der Waals surface area contributed by atoms with Crippen molar-refractivity contribution >= 4 is 22.7 Å². The molecule has 1 aliphatic rings. The van der Waals surface area contributed by atoms with Gasteiger partial charge in [0.05, 0.1) is 31.0 Å². The number of nitrogens with two attached hydrogens (primary N) is 1. The largest absolute Gasteiger partial charge is 0.493 e. The van der Waals surface area contributed by atoms with Crippen molar-refractivity contribution in [2.75, 3.05) is 27.3 Å². The van der Waals surface area contributed by atoms with Crippen molar-refractivity contribution < 1.29 is 19.1 Å². The summed E-state index contributed by atoms with van der Waals surface area (Å²) in [6, 6.07) is 5.63. The van der Waals surface area contributed by atoms with Gasteiger partial charge in [-0.3, -0.25) is 9.59 Å². The lowest BCUT2D eigenvalue weighted by Crippen LogP contribution is -2.39. The zero-order valence-corrected chi connectivity index (χ0v) is 18.7. The van der Waals surface area contributed by atoms with E-state index in [0.717, 1.165) is 23.7 Å². The monoisotopic (exact) mass is 437 g/mol. The third-order valence-corrected chi connectivity index (χ3v) is 6.19. The Morgan fingerprint density at radius 3 is 2.47 bits per heavy atom. The van der Waals surface area contributed by atoms with Crippen molar-refractivity contribution in [3.63, 3.8) is 0 Å². The lowest BCUT2D eigenvalue weighted by Gasteiger charge is -2.31. The highest BCUT2D eigenvalue weighted by Gasteiger charge is 2.28. The smallest absolute Gasteiger partial charge is 0.270 e. The molecule has 2 N–H and O–H groups in total. The number of aryl methyl sites for hydroxylation is 2. The molecule has 32 heavy (non-hydrogen) atoms. The van der Waals surface area contributed by atoms with Gasteiger partial charge in [-0.25, -0.2) is 9.97 Å². The van der Waals surface area contributed by atoms with Crippen LogP contribution in [0.25, 0.3) is 10.9 Å². The minimum atomic E-state index is -0.529. The topological polar surface area (TPSA) is 113 Å². The van der Waals surface area contributed by atoms with Crippen LogP contribution in [0, 0.1) is 6.92 Å². The molecule has 168 valence electrons. The number of piperidine rings is 1. The highest BCUT2D eigenvalue weighted by molar-refractivity contribution is 6.01. The summed E-state index contributed by atoms with van der Waals surface area (Å²) in [5.74, 6) is 1.52. The van der Waals surface area contributed by atoms with Gasteiger partial charge in [-0.05, 0) is 38.0 Å². The second-order valence-corrected chi connectivity index (χ2v) is 7.98. The Morgan fingerprint density at radius 1 is 1.16 bits per heavy atom. The minimum Gasteiger partial charge on any atom is -0.493 e. The van der Waals surface area contributed by atoms with Gasteiger partial charge in [0.1, 0.15) is 11.5 Å². The maximum atomic E-state index is 13.3. The predicted molar refractivity (Wildman–Crippen MR) is 119 cm³/mol. The van der Waals surface area contributed by atoms with E-state index in [0.29, 0.717) is 47.4 Å². The minimum absolute atomic E-state index is 0.0238. The van der Waals surface area contributed by atoms with Crippen LogP contribution in [0.1, 0.15) is 51.1 Å². The van der Waals surface area contributed by atoms with Crippen molar-refractivity contribution in [1.29, 1.82) is 0 Å². The zero-order valence-electron chi connectivity index (χ0n) is 18.7. The van der Waals surface area contributed by atoms with E-state index in [1.807, 2.05) is 34.7 Å². The van der Waals surface area contributed by atoms with Crippen LogP contribution in [-0.2, 0) is 7.05 Å². The fourth-order valence-corrected chi connectivity index (χ4v) is 4.37. The Hall–Kier alpha value is -3.62. The molecule has 9 nitrogen and oxygen atoms in total. The Morgan fingerprint density at radius 2 is 1.88 bits per heavy atom. The van der Waals surface area contributed by atoms with Gasteiger partial charge in [-0.2, -0.15) is 0 Å². The van der Waals surface area contributed by atoms with Crippen molar-refractivity contribution in [2.24, 2.45) is 12.8 Å².